The van der Waals surface area contributed by atoms with E-state index in [-0.39, 0.29) is 12.1 Å². The summed E-state index contributed by atoms with van der Waals surface area (Å²) < 4.78 is 5.31. The molecule has 0 heterocycles. The largest absolute Gasteiger partial charge is 0.459 e. The van der Waals surface area contributed by atoms with Crippen LogP contribution in [0.2, 0.25) is 0 Å². The molecule has 0 saturated heterocycles. The Bertz CT molecular complexity index is 330. The van der Waals surface area contributed by atoms with Gasteiger partial charge in [-0.25, -0.2) is 4.79 Å². The molecular formula is C14H18O2. The van der Waals surface area contributed by atoms with Crippen LogP contribution in [-0.4, -0.2) is 12.1 Å². The average molecular weight is 218 g/mol. The minimum Gasteiger partial charge on any atom is -0.459 e. The minimum absolute atomic E-state index is 0.0346. The van der Waals surface area contributed by atoms with Gasteiger partial charge in [0.25, 0.3) is 0 Å². The van der Waals surface area contributed by atoms with Crippen LogP contribution in [0.4, 0.5) is 0 Å². The number of carbonyl (C=O) groups is 1. The molecule has 0 aliphatic carbocycles. The van der Waals surface area contributed by atoms with Crippen molar-refractivity contribution < 1.29 is 9.53 Å². The van der Waals surface area contributed by atoms with Gasteiger partial charge in [0.15, 0.2) is 0 Å². The van der Waals surface area contributed by atoms with E-state index in [9.17, 15) is 4.79 Å². The van der Waals surface area contributed by atoms with Crippen molar-refractivity contribution in [3.05, 3.63) is 48.6 Å². The summed E-state index contributed by atoms with van der Waals surface area (Å²) in [5, 5.41) is 0. The van der Waals surface area contributed by atoms with E-state index in [1.807, 2.05) is 31.2 Å². The van der Waals surface area contributed by atoms with E-state index in [1.165, 1.54) is 0 Å². The van der Waals surface area contributed by atoms with Crippen molar-refractivity contribution in [2.75, 3.05) is 0 Å². The van der Waals surface area contributed by atoms with E-state index in [2.05, 4.69) is 6.58 Å². The molecule has 0 radical (unpaired) electrons. The molecule has 0 fully saturated rings. The Morgan fingerprint density at radius 1 is 1.44 bits per heavy atom. The maximum Gasteiger partial charge on any atom is 0.338 e. The first-order chi connectivity index (χ1) is 7.74. The van der Waals surface area contributed by atoms with Crippen LogP contribution in [0.5, 0.6) is 0 Å². The second-order valence-electron chi connectivity index (χ2n) is 3.80. The van der Waals surface area contributed by atoms with Gasteiger partial charge in [0.1, 0.15) is 0 Å². The Morgan fingerprint density at radius 2 is 2.12 bits per heavy atom. The van der Waals surface area contributed by atoms with Gasteiger partial charge < -0.3 is 4.74 Å². The fraction of sp³-hybridized carbons (Fsp3) is 0.357. The van der Waals surface area contributed by atoms with Gasteiger partial charge in [-0.2, -0.15) is 0 Å². The molecule has 0 aliphatic rings. The zero-order chi connectivity index (χ0) is 11.8. The molecule has 1 atom stereocenters. The van der Waals surface area contributed by atoms with Crippen molar-refractivity contribution in [3.63, 3.8) is 0 Å². The fourth-order valence-corrected chi connectivity index (χ4v) is 1.43. The Hall–Kier alpha value is -1.57. The van der Waals surface area contributed by atoms with Crippen molar-refractivity contribution >= 4 is 5.97 Å². The molecule has 1 rings (SSSR count). The smallest absolute Gasteiger partial charge is 0.338 e. The summed E-state index contributed by atoms with van der Waals surface area (Å²) in [7, 11) is 0. The number of hydrogen-bond acceptors (Lipinski definition) is 2. The van der Waals surface area contributed by atoms with Crippen LogP contribution in [-0.2, 0) is 4.74 Å². The van der Waals surface area contributed by atoms with E-state index in [1.54, 1.807) is 12.1 Å². The Balaban J connectivity index is 2.37. The lowest BCUT2D eigenvalue weighted by Gasteiger charge is -2.12. The number of hydrogen-bond donors (Lipinski definition) is 0. The Labute approximate surface area is 96.9 Å². The predicted octanol–water partition coefficient (Wildman–Crippen LogP) is 3.59. The predicted molar refractivity (Wildman–Crippen MR) is 65.4 cm³/mol. The highest BCUT2D eigenvalue weighted by molar-refractivity contribution is 5.89. The Morgan fingerprint density at radius 3 is 2.75 bits per heavy atom. The third-order valence-electron chi connectivity index (χ3n) is 2.34. The van der Waals surface area contributed by atoms with Crippen LogP contribution in [0.15, 0.2) is 43.0 Å². The van der Waals surface area contributed by atoms with Gasteiger partial charge in [-0.1, -0.05) is 24.3 Å². The lowest BCUT2D eigenvalue weighted by molar-refractivity contribution is 0.0321. The van der Waals surface area contributed by atoms with Gasteiger partial charge in [0.05, 0.1) is 11.7 Å². The number of benzene rings is 1. The maximum absolute atomic E-state index is 11.6. The summed E-state index contributed by atoms with van der Waals surface area (Å²) in [5.74, 6) is -0.244. The highest BCUT2D eigenvalue weighted by atomic mass is 16.5. The van der Waals surface area contributed by atoms with Crippen LogP contribution in [0.1, 0.15) is 36.5 Å². The molecule has 0 aromatic heterocycles. The average Bonchev–Trinajstić information content (AvgIpc) is 2.30. The molecule has 0 spiro atoms. The molecule has 2 nitrogen and oxygen atoms in total. The van der Waals surface area contributed by atoms with Crippen molar-refractivity contribution in [1.29, 1.82) is 0 Å². The molecule has 0 aliphatic heterocycles. The highest BCUT2D eigenvalue weighted by Crippen LogP contribution is 2.08. The number of carbonyl (C=O) groups excluding carboxylic acids is 1. The summed E-state index contributed by atoms with van der Waals surface area (Å²) in [6, 6.07) is 9.07. The first kappa shape index (κ1) is 12.5. The maximum atomic E-state index is 11.6. The molecule has 1 aromatic rings. The molecule has 0 saturated carbocycles. The molecule has 1 unspecified atom stereocenters. The van der Waals surface area contributed by atoms with Crippen molar-refractivity contribution in [2.45, 2.75) is 32.3 Å². The normalized spacial score (nSPS) is 11.8. The zero-order valence-corrected chi connectivity index (χ0v) is 9.69. The third-order valence-corrected chi connectivity index (χ3v) is 2.34. The third kappa shape index (κ3) is 4.30. The molecule has 2 heteroatoms. The number of esters is 1. The van der Waals surface area contributed by atoms with E-state index < -0.39 is 0 Å². The summed E-state index contributed by atoms with van der Waals surface area (Å²) in [4.78, 5) is 11.6. The van der Waals surface area contributed by atoms with Gasteiger partial charge in [0, 0.05) is 0 Å². The number of allylic oxidation sites excluding steroid dienone is 1. The molecule has 0 bridgehead atoms. The molecule has 16 heavy (non-hydrogen) atoms. The number of unbranched alkanes of at least 4 members (excludes halogenated alkanes) is 1. The zero-order valence-electron chi connectivity index (χ0n) is 9.69. The summed E-state index contributed by atoms with van der Waals surface area (Å²) >= 11 is 0. The first-order valence-corrected chi connectivity index (χ1v) is 5.61. The summed E-state index contributed by atoms with van der Waals surface area (Å²) in [6.45, 7) is 5.58. The second kappa shape index (κ2) is 6.83. The fourth-order valence-electron chi connectivity index (χ4n) is 1.43. The van der Waals surface area contributed by atoms with Crippen LogP contribution >= 0.6 is 0 Å². The van der Waals surface area contributed by atoms with Crippen LogP contribution in [0, 0.1) is 0 Å². The van der Waals surface area contributed by atoms with Crippen LogP contribution < -0.4 is 0 Å². The van der Waals surface area contributed by atoms with Crippen molar-refractivity contribution in [3.8, 4) is 0 Å². The molecule has 0 amide bonds. The monoisotopic (exact) mass is 218 g/mol. The lowest BCUT2D eigenvalue weighted by Crippen LogP contribution is -2.14. The van der Waals surface area contributed by atoms with E-state index in [0.717, 1.165) is 19.3 Å². The second-order valence-corrected chi connectivity index (χ2v) is 3.80. The Kier molecular flexibility index (Phi) is 5.34. The molecule has 1 aromatic carbocycles. The molecular weight excluding hydrogens is 200 g/mol. The summed E-state index contributed by atoms with van der Waals surface area (Å²) in [6.07, 6.45) is 4.70. The lowest BCUT2D eigenvalue weighted by atomic mass is 10.1. The van der Waals surface area contributed by atoms with E-state index in [4.69, 9.17) is 4.74 Å². The van der Waals surface area contributed by atoms with E-state index >= 15 is 0 Å². The first-order valence-electron chi connectivity index (χ1n) is 5.61. The van der Waals surface area contributed by atoms with Gasteiger partial charge in [-0.05, 0) is 38.3 Å². The van der Waals surface area contributed by atoms with Gasteiger partial charge >= 0.3 is 5.97 Å². The van der Waals surface area contributed by atoms with Crippen molar-refractivity contribution in [1.82, 2.24) is 0 Å². The van der Waals surface area contributed by atoms with Gasteiger partial charge in [-0.3, -0.25) is 0 Å². The van der Waals surface area contributed by atoms with Crippen molar-refractivity contribution in [2.24, 2.45) is 0 Å². The standard InChI is InChI=1S/C14H18O2/c1-3-4-6-9-12(2)16-14(15)13-10-7-5-8-11-13/h3,5,7-8,10-12H,1,4,6,9H2,2H3. The van der Waals surface area contributed by atoms with Crippen LogP contribution in [0.3, 0.4) is 0 Å². The molecule has 0 N–H and O–H groups in total. The topological polar surface area (TPSA) is 26.3 Å². The van der Waals surface area contributed by atoms with E-state index in [0.29, 0.717) is 5.56 Å². The highest BCUT2D eigenvalue weighted by Gasteiger charge is 2.10. The number of rotatable bonds is 6. The van der Waals surface area contributed by atoms with Gasteiger partial charge in [0.2, 0.25) is 0 Å². The quantitative estimate of drug-likeness (QED) is 0.414. The van der Waals surface area contributed by atoms with Crippen LogP contribution in [0.25, 0.3) is 0 Å². The summed E-state index contributed by atoms with van der Waals surface area (Å²) in [5.41, 5.74) is 0.609. The SMILES string of the molecule is C=CCCCC(C)OC(=O)c1ccccc1. The molecule has 86 valence electrons. The van der Waals surface area contributed by atoms with Gasteiger partial charge in [-0.15, -0.1) is 6.58 Å². The number of ether oxygens (including phenoxy) is 1. The minimum atomic E-state index is -0.244.